The molecule has 2 nitrogen and oxygen atoms in total. The third-order valence-electron chi connectivity index (χ3n) is 2.02. The number of dihydropyridines is 1. The number of ketones is 1. The number of halogens is 1. The third kappa shape index (κ3) is 2.34. The Labute approximate surface area is 83.7 Å². The van der Waals surface area contributed by atoms with Gasteiger partial charge in [0.15, 0.2) is 5.78 Å². The first kappa shape index (κ1) is 10.3. The van der Waals surface area contributed by atoms with Gasteiger partial charge < -0.3 is 5.32 Å². The van der Waals surface area contributed by atoms with Crippen LogP contribution >= 0.6 is 11.6 Å². The molecule has 0 atom stereocenters. The Morgan fingerprint density at radius 3 is 2.77 bits per heavy atom. The summed E-state index contributed by atoms with van der Waals surface area (Å²) in [5.41, 5.74) is 1.63. The van der Waals surface area contributed by atoms with Crippen molar-refractivity contribution in [3.8, 4) is 0 Å². The van der Waals surface area contributed by atoms with E-state index in [-0.39, 0.29) is 11.7 Å². The van der Waals surface area contributed by atoms with Crippen molar-refractivity contribution >= 4 is 17.4 Å². The Kier molecular flexibility index (Phi) is 3.15. The molecule has 1 aliphatic heterocycles. The molecule has 0 radical (unpaired) electrons. The minimum Gasteiger partial charge on any atom is -0.383 e. The Hall–Kier alpha value is -0.760. The van der Waals surface area contributed by atoms with Gasteiger partial charge in [0.05, 0.1) is 6.54 Å². The molecule has 0 unspecified atom stereocenters. The summed E-state index contributed by atoms with van der Waals surface area (Å²) in [4.78, 5) is 11.7. The molecule has 0 spiro atoms. The van der Waals surface area contributed by atoms with E-state index < -0.39 is 0 Å². The maximum atomic E-state index is 11.7. The molecular weight excluding hydrogens is 186 g/mol. The Bertz CT molecular complexity index is 289. The van der Waals surface area contributed by atoms with Gasteiger partial charge >= 0.3 is 0 Å². The number of carbonyl (C=O) groups excluding carboxylic acids is 1. The van der Waals surface area contributed by atoms with Crippen LogP contribution in [0.2, 0.25) is 0 Å². The minimum atomic E-state index is 0.0190. The number of carbonyl (C=O) groups is 1. The summed E-state index contributed by atoms with van der Waals surface area (Å²) in [6.07, 6.45) is 1.76. The number of Topliss-reactive ketones (excluding diaryl/α,β-unsaturated/α-hetero) is 1. The molecule has 1 N–H and O–H groups in total. The summed E-state index contributed by atoms with van der Waals surface area (Å²) in [5.74, 6) is 0.161. The standard InChI is InChI=1S/C10H14ClNO/c1-6(2)10(13)9-4-8(11)5-12-7(9)3/h4,6,12H,5H2,1-3H3. The smallest absolute Gasteiger partial charge is 0.167 e. The van der Waals surface area contributed by atoms with E-state index in [9.17, 15) is 4.79 Å². The minimum absolute atomic E-state index is 0.0190. The number of allylic oxidation sites excluding steroid dienone is 3. The van der Waals surface area contributed by atoms with Crippen molar-refractivity contribution in [2.45, 2.75) is 20.8 Å². The van der Waals surface area contributed by atoms with Gasteiger partial charge in [0.1, 0.15) is 0 Å². The van der Waals surface area contributed by atoms with Crippen LogP contribution < -0.4 is 5.32 Å². The molecular formula is C10H14ClNO. The Morgan fingerprint density at radius 1 is 1.62 bits per heavy atom. The molecule has 0 bridgehead atoms. The van der Waals surface area contributed by atoms with Gasteiger partial charge in [0.25, 0.3) is 0 Å². The predicted octanol–water partition coefficient (Wildman–Crippen LogP) is 2.21. The topological polar surface area (TPSA) is 29.1 Å². The fourth-order valence-electron chi connectivity index (χ4n) is 1.20. The van der Waals surface area contributed by atoms with E-state index in [2.05, 4.69) is 5.32 Å². The van der Waals surface area contributed by atoms with E-state index in [0.29, 0.717) is 17.2 Å². The lowest BCUT2D eigenvalue weighted by molar-refractivity contribution is -0.118. The summed E-state index contributed by atoms with van der Waals surface area (Å²) in [6.45, 7) is 6.30. The fourth-order valence-corrected chi connectivity index (χ4v) is 1.37. The lowest BCUT2D eigenvalue weighted by atomic mass is 9.98. The molecule has 0 aromatic rings. The van der Waals surface area contributed by atoms with Gasteiger partial charge in [0, 0.05) is 22.2 Å². The highest BCUT2D eigenvalue weighted by Gasteiger charge is 2.17. The molecule has 0 fully saturated rings. The van der Waals surface area contributed by atoms with Crippen LogP contribution in [0, 0.1) is 5.92 Å². The number of hydrogen-bond donors (Lipinski definition) is 1. The van der Waals surface area contributed by atoms with E-state index in [0.717, 1.165) is 5.70 Å². The van der Waals surface area contributed by atoms with Crippen LogP contribution in [-0.4, -0.2) is 12.3 Å². The molecule has 0 aromatic carbocycles. The van der Waals surface area contributed by atoms with Gasteiger partial charge in [-0.05, 0) is 13.0 Å². The Balaban J connectivity index is 2.95. The molecule has 0 aromatic heterocycles. The van der Waals surface area contributed by atoms with Crippen LogP contribution in [-0.2, 0) is 4.79 Å². The maximum absolute atomic E-state index is 11.7. The average molecular weight is 200 g/mol. The summed E-state index contributed by atoms with van der Waals surface area (Å²) in [6, 6.07) is 0. The number of nitrogens with one attached hydrogen (secondary N) is 1. The van der Waals surface area contributed by atoms with E-state index >= 15 is 0 Å². The molecule has 13 heavy (non-hydrogen) atoms. The largest absolute Gasteiger partial charge is 0.383 e. The zero-order valence-corrected chi connectivity index (χ0v) is 8.90. The van der Waals surface area contributed by atoms with Crippen LogP contribution in [0.3, 0.4) is 0 Å². The average Bonchev–Trinajstić information content (AvgIpc) is 2.08. The van der Waals surface area contributed by atoms with Crippen molar-refractivity contribution in [3.05, 3.63) is 22.4 Å². The SMILES string of the molecule is CC1=C(C(=O)C(C)C)C=C(Cl)CN1. The van der Waals surface area contributed by atoms with Crippen molar-refractivity contribution in [1.29, 1.82) is 0 Å². The van der Waals surface area contributed by atoms with Gasteiger partial charge in [-0.25, -0.2) is 0 Å². The van der Waals surface area contributed by atoms with Crippen molar-refractivity contribution in [2.24, 2.45) is 5.92 Å². The van der Waals surface area contributed by atoms with Gasteiger partial charge in [-0.1, -0.05) is 25.4 Å². The summed E-state index contributed by atoms with van der Waals surface area (Å²) in [7, 11) is 0. The van der Waals surface area contributed by atoms with Crippen LogP contribution in [0.5, 0.6) is 0 Å². The second-order valence-electron chi connectivity index (χ2n) is 3.50. The molecule has 3 heteroatoms. The Morgan fingerprint density at radius 2 is 2.23 bits per heavy atom. The van der Waals surface area contributed by atoms with Crippen LogP contribution in [0.15, 0.2) is 22.4 Å². The van der Waals surface area contributed by atoms with Crippen molar-refractivity contribution in [3.63, 3.8) is 0 Å². The highest BCUT2D eigenvalue weighted by molar-refractivity contribution is 6.30. The summed E-state index contributed by atoms with van der Waals surface area (Å²) in [5, 5.41) is 3.77. The molecule has 0 saturated heterocycles. The van der Waals surface area contributed by atoms with E-state index in [1.54, 1.807) is 6.08 Å². The quantitative estimate of drug-likeness (QED) is 0.739. The molecule has 72 valence electrons. The normalized spacial score (nSPS) is 17.2. The van der Waals surface area contributed by atoms with Crippen molar-refractivity contribution < 1.29 is 4.79 Å². The van der Waals surface area contributed by atoms with Gasteiger partial charge in [0.2, 0.25) is 0 Å². The second kappa shape index (κ2) is 3.97. The highest BCUT2D eigenvalue weighted by atomic mass is 35.5. The fraction of sp³-hybridized carbons (Fsp3) is 0.500. The van der Waals surface area contributed by atoms with E-state index in [1.807, 2.05) is 20.8 Å². The van der Waals surface area contributed by atoms with Crippen LogP contribution in [0.4, 0.5) is 0 Å². The summed E-state index contributed by atoms with van der Waals surface area (Å²) >= 11 is 5.84. The zero-order chi connectivity index (χ0) is 10.0. The second-order valence-corrected chi connectivity index (χ2v) is 3.99. The van der Waals surface area contributed by atoms with Crippen molar-refractivity contribution in [2.75, 3.05) is 6.54 Å². The number of rotatable bonds is 2. The lowest BCUT2D eigenvalue weighted by Crippen LogP contribution is -2.23. The zero-order valence-electron chi connectivity index (χ0n) is 8.15. The van der Waals surface area contributed by atoms with Crippen LogP contribution in [0.1, 0.15) is 20.8 Å². The third-order valence-corrected chi connectivity index (χ3v) is 2.26. The molecule has 0 aliphatic carbocycles. The monoisotopic (exact) mass is 199 g/mol. The molecule has 1 heterocycles. The van der Waals surface area contributed by atoms with Gasteiger partial charge in [-0.2, -0.15) is 0 Å². The molecule has 0 amide bonds. The maximum Gasteiger partial charge on any atom is 0.167 e. The van der Waals surface area contributed by atoms with E-state index in [1.165, 1.54) is 0 Å². The van der Waals surface area contributed by atoms with Crippen molar-refractivity contribution in [1.82, 2.24) is 5.32 Å². The number of hydrogen-bond acceptors (Lipinski definition) is 2. The molecule has 1 rings (SSSR count). The molecule has 1 aliphatic rings. The summed E-state index contributed by atoms with van der Waals surface area (Å²) < 4.78 is 0. The van der Waals surface area contributed by atoms with Crippen LogP contribution in [0.25, 0.3) is 0 Å². The lowest BCUT2D eigenvalue weighted by Gasteiger charge is -2.17. The first-order valence-corrected chi connectivity index (χ1v) is 4.75. The highest BCUT2D eigenvalue weighted by Crippen LogP contribution is 2.18. The molecule has 0 saturated carbocycles. The van der Waals surface area contributed by atoms with E-state index in [4.69, 9.17) is 11.6 Å². The predicted molar refractivity (Wildman–Crippen MR) is 54.5 cm³/mol. The first-order chi connectivity index (χ1) is 6.02. The van der Waals surface area contributed by atoms with Gasteiger partial charge in [-0.3, -0.25) is 4.79 Å². The first-order valence-electron chi connectivity index (χ1n) is 4.37. The van der Waals surface area contributed by atoms with Gasteiger partial charge in [-0.15, -0.1) is 0 Å².